The number of carbonyl (C=O) groups excluding carboxylic acids is 2. The van der Waals surface area contributed by atoms with Crippen molar-refractivity contribution in [2.45, 2.75) is 70.8 Å². The van der Waals surface area contributed by atoms with Gasteiger partial charge in [0.15, 0.2) is 0 Å². The molecule has 0 heterocycles. The van der Waals surface area contributed by atoms with E-state index in [4.69, 9.17) is 0 Å². The van der Waals surface area contributed by atoms with Crippen LogP contribution >= 0.6 is 0 Å². The van der Waals surface area contributed by atoms with Crippen LogP contribution in [0.5, 0.6) is 0 Å². The van der Waals surface area contributed by atoms with Crippen LogP contribution < -0.4 is 10.6 Å². The first-order valence-electron chi connectivity index (χ1n) is 9.24. The highest BCUT2D eigenvalue weighted by Crippen LogP contribution is 2.47. The van der Waals surface area contributed by atoms with Crippen molar-refractivity contribution < 1.29 is 9.59 Å². The van der Waals surface area contributed by atoms with E-state index in [-0.39, 0.29) is 17.9 Å². The minimum Gasteiger partial charge on any atom is -0.352 e. The van der Waals surface area contributed by atoms with Gasteiger partial charge in [-0.25, -0.2) is 0 Å². The second-order valence-corrected chi connectivity index (χ2v) is 7.62. The third-order valence-electron chi connectivity index (χ3n) is 5.39. The Morgan fingerprint density at radius 1 is 1.00 bits per heavy atom. The lowest BCUT2D eigenvalue weighted by atomic mass is 9.94. The smallest absolute Gasteiger partial charge is 0.240 e. The molecule has 0 saturated heterocycles. The molecule has 0 unspecified atom stereocenters. The zero-order valence-electron chi connectivity index (χ0n) is 14.7. The largest absolute Gasteiger partial charge is 0.352 e. The first kappa shape index (κ1) is 17.0. The summed E-state index contributed by atoms with van der Waals surface area (Å²) in [6.07, 6.45) is 6.99. The van der Waals surface area contributed by atoms with E-state index in [0.717, 1.165) is 18.5 Å². The van der Waals surface area contributed by atoms with Gasteiger partial charge in [-0.15, -0.1) is 0 Å². The maximum atomic E-state index is 12.6. The third kappa shape index (κ3) is 3.63. The normalized spacial score (nSPS) is 19.8. The van der Waals surface area contributed by atoms with Crippen LogP contribution in [-0.2, 0) is 9.59 Å². The summed E-state index contributed by atoms with van der Waals surface area (Å²) in [7, 11) is 0. The first-order valence-corrected chi connectivity index (χ1v) is 9.24. The van der Waals surface area contributed by atoms with E-state index in [2.05, 4.69) is 24.5 Å². The number of carbonyl (C=O) groups is 2. The van der Waals surface area contributed by atoms with Crippen LogP contribution in [-0.4, -0.2) is 17.9 Å². The van der Waals surface area contributed by atoms with Crippen LogP contribution in [0, 0.1) is 5.41 Å². The lowest BCUT2D eigenvalue weighted by Crippen LogP contribution is -2.45. The van der Waals surface area contributed by atoms with Crippen molar-refractivity contribution in [3.63, 3.8) is 0 Å². The monoisotopic (exact) mass is 328 g/mol. The molecule has 1 aromatic carbocycles. The maximum Gasteiger partial charge on any atom is 0.240 e. The minimum atomic E-state index is -0.839. The number of anilines is 1. The molecule has 0 aromatic heterocycles. The van der Waals surface area contributed by atoms with E-state index in [1.54, 1.807) is 0 Å². The number of hydrogen-bond acceptors (Lipinski definition) is 2. The zero-order chi connectivity index (χ0) is 17.2. The van der Waals surface area contributed by atoms with E-state index in [1.165, 1.54) is 24.8 Å². The second-order valence-electron chi connectivity index (χ2n) is 7.62. The van der Waals surface area contributed by atoms with Gasteiger partial charge in [0, 0.05) is 11.7 Å². The van der Waals surface area contributed by atoms with E-state index in [9.17, 15) is 9.59 Å². The Morgan fingerprint density at radius 2 is 1.62 bits per heavy atom. The molecule has 2 N–H and O–H groups in total. The Balaban J connectivity index is 1.59. The van der Waals surface area contributed by atoms with Gasteiger partial charge in [0.1, 0.15) is 5.41 Å². The van der Waals surface area contributed by atoms with Crippen LogP contribution in [0.1, 0.15) is 70.3 Å². The highest BCUT2D eigenvalue weighted by molar-refractivity contribution is 6.13. The summed E-state index contributed by atoms with van der Waals surface area (Å²) < 4.78 is 0. The predicted octanol–water partition coefficient (Wildman–Crippen LogP) is 3.98. The average Bonchev–Trinajstić information content (AvgIpc) is 3.38. The molecular weight excluding hydrogens is 300 g/mol. The van der Waals surface area contributed by atoms with Crippen molar-refractivity contribution in [1.29, 1.82) is 0 Å². The zero-order valence-corrected chi connectivity index (χ0v) is 14.7. The van der Waals surface area contributed by atoms with Crippen molar-refractivity contribution in [2.75, 3.05) is 5.32 Å². The fraction of sp³-hybridized carbons (Fsp3) is 0.600. The fourth-order valence-corrected chi connectivity index (χ4v) is 3.45. The summed E-state index contributed by atoms with van der Waals surface area (Å²) in [4.78, 5) is 25.2. The highest BCUT2D eigenvalue weighted by atomic mass is 16.2. The molecule has 2 saturated carbocycles. The van der Waals surface area contributed by atoms with Crippen molar-refractivity contribution >= 4 is 17.5 Å². The standard InChI is InChI=1S/C20H28N2O2/c1-14(2)15-8-10-17(11-9-15)22-19(24)20(12-13-20)18(23)21-16-6-4-3-5-7-16/h8-11,14,16H,3-7,12-13H2,1-2H3,(H,21,23)(H,22,24). The van der Waals surface area contributed by atoms with Crippen LogP contribution in [0.4, 0.5) is 5.69 Å². The SMILES string of the molecule is CC(C)c1ccc(NC(=O)C2(C(=O)NC3CCCCC3)CC2)cc1. The van der Waals surface area contributed by atoms with Gasteiger partial charge in [-0.1, -0.05) is 45.2 Å². The molecule has 4 nitrogen and oxygen atoms in total. The summed E-state index contributed by atoms with van der Waals surface area (Å²) in [5.41, 5.74) is 1.17. The molecule has 24 heavy (non-hydrogen) atoms. The van der Waals surface area contributed by atoms with Crippen molar-refractivity contribution in [1.82, 2.24) is 5.32 Å². The third-order valence-corrected chi connectivity index (χ3v) is 5.39. The summed E-state index contributed by atoms with van der Waals surface area (Å²) in [5.74, 6) is 0.226. The van der Waals surface area contributed by atoms with Crippen LogP contribution in [0.15, 0.2) is 24.3 Å². The van der Waals surface area contributed by atoms with E-state index >= 15 is 0 Å². The van der Waals surface area contributed by atoms with Gasteiger partial charge in [0.25, 0.3) is 0 Å². The molecule has 130 valence electrons. The van der Waals surface area contributed by atoms with Crippen molar-refractivity contribution in [2.24, 2.45) is 5.41 Å². The topological polar surface area (TPSA) is 58.2 Å². The number of amides is 2. The molecule has 4 heteroatoms. The van der Waals surface area contributed by atoms with Gasteiger partial charge in [-0.05, 0) is 49.3 Å². The Labute approximate surface area is 144 Å². The van der Waals surface area contributed by atoms with E-state index < -0.39 is 5.41 Å². The van der Waals surface area contributed by atoms with Gasteiger partial charge in [0.05, 0.1) is 0 Å². The molecule has 0 aliphatic heterocycles. The van der Waals surface area contributed by atoms with Crippen LogP contribution in [0.25, 0.3) is 0 Å². The molecule has 2 aliphatic carbocycles. The Morgan fingerprint density at radius 3 is 2.17 bits per heavy atom. The Bertz CT molecular complexity index is 597. The van der Waals surface area contributed by atoms with Crippen molar-refractivity contribution in [3.05, 3.63) is 29.8 Å². The first-order chi connectivity index (χ1) is 11.5. The molecule has 1 aromatic rings. The van der Waals surface area contributed by atoms with Crippen LogP contribution in [0.3, 0.4) is 0 Å². The summed E-state index contributed by atoms with van der Waals surface area (Å²) >= 11 is 0. The van der Waals surface area contributed by atoms with Crippen molar-refractivity contribution in [3.8, 4) is 0 Å². The molecule has 0 bridgehead atoms. The molecule has 0 atom stereocenters. The molecule has 0 radical (unpaired) electrons. The molecular formula is C20H28N2O2. The summed E-state index contributed by atoms with van der Waals surface area (Å²) in [6.45, 7) is 4.28. The lowest BCUT2D eigenvalue weighted by molar-refractivity contribution is -0.135. The minimum absolute atomic E-state index is 0.0781. The van der Waals surface area contributed by atoms with Gasteiger partial charge in [-0.3, -0.25) is 9.59 Å². The maximum absolute atomic E-state index is 12.6. The molecule has 2 amide bonds. The van der Waals surface area contributed by atoms with Gasteiger partial charge < -0.3 is 10.6 Å². The number of rotatable bonds is 5. The Hall–Kier alpha value is -1.84. The molecule has 2 aliphatic rings. The number of benzene rings is 1. The van der Waals surface area contributed by atoms with E-state index in [0.29, 0.717) is 18.8 Å². The summed E-state index contributed by atoms with van der Waals surface area (Å²) in [6, 6.07) is 8.15. The predicted molar refractivity (Wildman–Crippen MR) is 95.8 cm³/mol. The van der Waals surface area contributed by atoms with Gasteiger partial charge in [-0.2, -0.15) is 0 Å². The molecule has 0 spiro atoms. The lowest BCUT2D eigenvalue weighted by Gasteiger charge is -2.25. The second kappa shape index (κ2) is 6.96. The van der Waals surface area contributed by atoms with Crippen LogP contribution in [0.2, 0.25) is 0 Å². The number of hydrogen-bond donors (Lipinski definition) is 2. The average molecular weight is 328 g/mol. The molecule has 3 rings (SSSR count). The Kier molecular flexibility index (Phi) is 4.93. The fourth-order valence-electron chi connectivity index (χ4n) is 3.45. The molecule has 2 fully saturated rings. The number of nitrogens with one attached hydrogen (secondary N) is 2. The highest BCUT2D eigenvalue weighted by Gasteiger charge is 2.56. The summed E-state index contributed by atoms with van der Waals surface area (Å²) in [5, 5.41) is 6.04. The van der Waals surface area contributed by atoms with E-state index in [1.807, 2.05) is 24.3 Å². The quantitative estimate of drug-likeness (QED) is 0.803. The van der Waals surface area contributed by atoms with Gasteiger partial charge in [0.2, 0.25) is 11.8 Å². The van der Waals surface area contributed by atoms with Gasteiger partial charge >= 0.3 is 0 Å².